The quantitative estimate of drug-likeness (QED) is 0.550. The van der Waals surface area contributed by atoms with Crippen molar-refractivity contribution >= 4 is 11.6 Å². The van der Waals surface area contributed by atoms with Gasteiger partial charge in [-0.1, -0.05) is 45.0 Å². The van der Waals surface area contributed by atoms with Gasteiger partial charge >= 0.3 is 11.6 Å². The molecule has 0 bridgehead atoms. The molecule has 2 atom stereocenters. The van der Waals surface area contributed by atoms with Crippen LogP contribution in [0.25, 0.3) is 0 Å². The van der Waals surface area contributed by atoms with Crippen molar-refractivity contribution in [1.82, 2.24) is 15.5 Å². The second-order valence-corrected chi connectivity index (χ2v) is 6.12. The Morgan fingerprint density at radius 3 is 2.38 bits per heavy atom. The lowest BCUT2D eigenvalue weighted by molar-refractivity contribution is -0.386. The lowest BCUT2D eigenvalue weighted by Gasteiger charge is -2.18. The Kier molecular flexibility index (Phi) is 6.32. The Bertz CT molecular complexity index is 770. The van der Waals surface area contributed by atoms with E-state index in [4.69, 9.17) is 4.74 Å². The smallest absolute Gasteiger partial charge is 0.362 e. The van der Waals surface area contributed by atoms with E-state index in [2.05, 4.69) is 41.5 Å². The number of H-pyrrole nitrogens is 1. The van der Waals surface area contributed by atoms with Gasteiger partial charge in [0.15, 0.2) is 0 Å². The van der Waals surface area contributed by atoms with Crippen LogP contribution in [0, 0.1) is 10.1 Å². The number of nitrogens with zero attached hydrogens (tertiary/aromatic N) is 2. The minimum atomic E-state index is -0.681. The molecule has 0 fully saturated rings. The summed E-state index contributed by atoms with van der Waals surface area (Å²) in [7, 11) is 1.26. The number of carbonyl (C=O) groups is 1. The minimum Gasteiger partial charge on any atom is -0.475 e. The number of nitro groups is 1. The van der Waals surface area contributed by atoms with Gasteiger partial charge in [-0.05, 0) is 29.9 Å². The molecule has 0 aliphatic heterocycles. The molecular formula is C18H24N4O4. The fourth-order valence-electron chi connectivity index (χ4n) is 2.73. The van der Waals surface area contributed by atoms with E-state index in [1.807, 2.05) is 19.1 Å². The molecule has 26 heavy (non-hydrogen) atoms. The topological polar surface area (TPSA) is 110 Å². The van der Waals surface area contributed by atoms with Gasteiger partial charge in [-0.2, -0.15) is 0 Å². The van der Waals surface area contributed by atoms with Gasteiger partial charge in [0.25, 0.3) is 5.91 Å². The predicted octanol–water partition coefficient (Wildman–Crippen LogP) is 3.72. The van der Waals surface area contributed by atoms with E-state index in [1.54, 1.807) is 0 Å². The number of aromatic amines is 1. The molecule has 0 aliphatic rings. The van der Waals surface area contributed by atoms with Gasteiger partial charge in [0, 0.05) is 0 Å². The first kappa shape index (κ1) is 19.4. The zero-order valence-corrected chi connectivity index (χ0v) is 15.4. The van der Waals surface area contributed by atoms with Crippen molar-refractivity contribution in [2.45, 2.75) is 45.6 Å². The van der Waals surface area contributed by atoms with E-state index in [1.165, 1.54) is 12.7 Å². The molecule has 1 heterocycles. The third kappa shape index (κ3) is 4.01. The summed E-state index contributed by atoms with van der Waals surface area (Å²) in [6.07, 6.45) is 1.70. The standard InChI is InChI=1S/C18H24N4O4/c1-5-11(3)12-7-9-13(10-8-12)14(6-2)19-17(23)15-16(22(24)25)18(26-4)21-20-15/h7-11,14H,5-6H2,1-4H3,(H,19,23)(H,20,21). The minimum absolute atomic E-state index is 0.217. The molecule has 1 aromatic heterocycles. The number of hydrogen-bond donors (Lipinski definition) is 2. The molecule has 8 nitrogen and oxygen atoms in total. The second-order valence-electron chi connectivity index (χ2n) is 6.12. The molecule has 2 aromatic rings. The van der Waals surface area contributed by atoms with Gasteiger partial charge < -0.3 is 10.1 Å². The van der Waals surface area contributed by atoms with E-state index in [9.17, 15) is 14.9 Å². The van der Waals surface area contributed by atoms with Gasteiger partial charge in [-0.25, -0.2) is 0 Å². The molecule has 1 amide bonds. The lowest BCUT2D eigenvalue weighted by atomic mass is 9.95. The molecule has 140 valence electrons. The van der Waals surface area contributed by atoms with Gasteiger partial charge in [-0.15, -0.1) is 5.10 Å². The SMILES string of the molecule is CCC(C)c1ccc(C(CC)NC(=O)c2[nH]nc(OC)c2[N+](=O)[O-])cc1. The molecular weight excluding hydrogens is 336 g/mol. The van der Waals surface area contributed by atoms with Crippen LogP contribution < -0.4 is 10.1 Å². The highest BCUT2D eigenvalue weighted by Crippen LogP contribution is 2.29. The highest BCUT2D eigenvalue weighted by atomic mass is 16.6. The first-order chi connectivity index (χ1) is 12.4. The molecule has 0 saturated carbocycles. The van der Waals surface area contributed by atoms with Crippen molar-refractivity contribution in [3.8, 4) is 5.88 Å². The summed E-state index contributed by atoms with van der Waals surface area (Å²) in [6, 6.07) is 7.82. The molecule has 0 saturated heterocycles. The Balaban J connectivity index is 2.21. The number of rotatable bonds is 8. The number of ether oxygens (including phenoxy) is 1. The summed E-state index contributed by atoms with van der Waals surface area (Å²) < 4.78 is 4.84. The average molecular weight is 360 g/mol. The monoisotopic (exact) mass is 360 g/mol. The van der Waals surface area contributed by atoms with Crippen molar-refractivity contribution in [1.29, 1.82) is 0 Å². The summed E-state index contributed by atoms with van der Waals surface area (Å²) in [4.78, 5) is 23.0. The van der Waals surface area contributed by atoms with Crippen molar-refractivity contribution in [2.24, 2.45) is 0 Å². The van der Waals surface area contributed by atoms with Crippen molar-refractivity contribution < 1.29 is 14.5 Å². The van der Waals surface area contributed by atoms with Crippen LogP contribution in [0.15, 0.2) is 24.3 Å². The first-order valence-electron chi connectivity index (χ1n) is 8.60. The van der Waals surface area contributed by atoms with Crippen LogP contribution in [-0.4, -0.2) is 28.1 Å². The van der Waals surface area contributed by atoms with E-state index < -0.39 is 16.5 Å². The van der Waals surface area contributed by atoms with E-state index in [0.29, 0.717) is 12.3 Å². The Morgan fingerprint density at radius 2 is 1.88 bits per heavy atom. The Hall–Kier alpha value is -2.90. The number of carbonyl (C=O) groups excluding carboxylic acids is 1. The summed E-state index contributed by atoms with van der Waals surface area (Å²) in [5, 5.41) is 20.1. The molecule has 0 radical (unpaired) electrons. The Labute approximate surface area is 152 Å². The fraction of sp³-hybridized carbons (Fsp3) is 0.444. The summed E-state index contributed by atoms with van der Waals surface area (Å²) in [5.74, 6) is -0.338. The number of hydrogen-bond acceptors (Lipinski definition) is 5. The summed E-state index contributed by atoms with van der Waals surface area (Å²) in [5.41, 5.74) is 1.50. The van der Waals surface area contributed by atoms with Crippen LogP contribution in [0.5, 0.6) is 5.88 Å². The van der Waals surface area contributed by atoms with Gasteiger partial charge in [0.05, 0.1) is 18.1 Å². The van der Waals surface area contributed by atoms with E-state index >= 15 is 0 Å². The number of aromatic nitrogens is 2. The van der Waals surface area contributed by atoms with Crippen molar-refractivity contribution in [2.75, 3.05) is 7.11 Å². The van der Waals surface area contributed by atoms with Crippen molar-refractivity contribution in [3.05, 3.63) is 51.2 Å². The zero-order chi connectivity index (χ0) is 19.3. The molecule has 1 aromatic carbocycles. The maximum absolute atomic E-state index is 12.5. The van der Waals surface area contributed by atoms with E-state index in [-0.39, 0.29) is 17.6 Å². The molecule has 0 spiro atoms. The van der Waals surface area contributed by atoms with Crippen molar-refractivity contribution in [3.63, 3.8) is 0 Å². The molecule has 2 unspecified atom stereocenters. The number of benzene rings is 1. The highest BCUT2D eigenvalue weighted by molar-refractivity contribution is 5.97. The van der Waals surface area contributed by atoms with Crippen LogP contribution in [-0.2, 0) is 0 Å². The van der Waals surface area contributed by atoms with Gasteiger partial charge in [0.1, 0.15) is 0 Å². The van der Waals surface area contributed by atoms with Crippen LogP contribution in [0.1, 0.15) is 67.2 Å². The number of nitrogens with one attached hydrogen (secondary N) is 2. The predicted molar refractivity (Wildman–Crippen MR) is 97.4 cm³/mol. The zero-order valence-electron chi connectivity index (χ0n) is 15.4. The molecule has 0 aliphatic carbocycles. The molecule has 2 N–H and O–H groups in total. The second kappa shape index (κ2) is 8.46. The van der Waals surface area contributed by atoms with Crippen LogP contribution >= 0.6 is 0 Å². The first-order valence-corrected chi connectivity index (χ1v) is 8.60. The van der Waals surface area contributed by atoms with Crippen LogP contribution in [0.3, 0.4) is 0 Å². The maximum Gasteiger partial charge on any atom is 0.362 e. The van der Waals surface area contributed by atoms with Gasteiger partial charge in [0.2, 0.25) is 5.69 Å². The summed E-state index contributed by atoms with van der Waals surface area (Å²) in [6.45, 7) is 6.24. The fourth-order valence-corrected chi connectivity index (χ4v) is 2.73. The molecule has 2 rings (SSSR count). The average Bonchev–Trinajstić information content (AvgIpc) is 3.10. The summed E-state index contributed by atoms with van der Waals surface area (Å²) >= 11 is 0. The number of amides is 1. The lowest BCUT2D eigenvalue weighted by Crippen LogP contribution is -2.29. The normalized spacial score (nSPS) is 13.1. The van der Waals surface area contributed by atoms with E-state index in [0.717, 1.165) is 12.0 Å². The largest absolute Gasteiger partial charge is 0.475 e. The highest BCUT2D eigenvalue weighted by Gasteiger charge is 2.31. The van der Waals surface area contributed by atoms with Crippen LogP contribution in [0.4, 0.5) is 5.69 Å². The number of methoxy groups -OCH3 is 1. The van der Waals surface area contributed by atoms with Crippen LogP contribution in [0.2, 0.25) is 0 Å². The maximum atomic E-state index is 12.5. The molecule has 8 heteroatoms. The van der Waals surface area contributed by atoms with Gasteiger partial charge in [-0.3, -0.25) is 20.0 Å². The third-order valence-electron chi connectivity index (χ3n) is 4.55. The third-order valence-corrected chi connectivity index (χ3v) is 4.55. The Morgan fingerprint density at radius 1 is 1.27 bits per heavy atom.